The zero-order chi connectivity index (χ0) is 21.8. The van der Waals surface area contributed by atoms with Crippen LogP contribution in [0.2, 0.25) is 5.28 Å². The summed E-state index contributed by atoms with van der Waals surface area (Å²) < 4.78 is 8.03. The summed E-state index contributed by atoms with van der Waals surface area (Å²) in [5.41, 5.74) is 0.643. The number of thioether (sulfide) groups is 1. The zero-order valence-corrected chi connectivity index (χ0v) is 18.4. The normalized spacial score (nSPS) is 11.4. The fourth-order valence-electron chi connectivity index (χ4n) is 3.21. The van der Waals surface area contributed by atoms with Crippen molar-refractivity contribution < 1.29 is 4.52 Å². The molecule has 0 saturated heterocycles. The Kier molecular flexibility index (Phi) is 6.57. The maximum atomic E-state index is 12.9. The quantitative estimate of drug-likeness (QED) is 0.231. The van der Waals surface area contributed by atoms with E-state index >= 15 is 0 Å². The second-order valence-electron chi connectivity index (χ2n) is 6.92. The SMILES string of the molecule is CCCCn1c(=O)n(CCCSc2nc(-c3ccccc3)no2)c(=O)c2[nH]c(Cl)nc21. The summed E-state index contributed by atoms with van der Waals surface area (Å²) in [6, 6.07) is 9.56. The lowest BCUT2D eigenvalue weighted by atomic mass is 10.2. The first-order valence-electron chi connectivity index (χ1n) is 9.99. The van der Waals surface area contributed by atoms with Crippen molar-refractivity contribution in [1.29, 1.82) is 0 Å². The average Bonchev–Trinajstić information content (AvgIpc) is 3.40. The molecule has 0 unspecified atom stereocenters. The second-order valence-corrected chi connectivity index (χ2v) is 8.33. The van der Waals surface area contributed by atoms with Crippen LogP contribution in [-0.4, -0.2) is 35.0 Å². The van der Waals surface area contributed by atoms with Gasteiger partial charge in [-0.15, -0.1) is 0 Å². The van der Waals surface area contributed by atoms with Gasteiger partial charge in [0.25, 0.3) is 10.8 Å². The van der Waals surface area contributed by atoms with Crippen LogP contribution in [0.25, 0.3) is 22.6 Å². The van der Waals surface area contributed by atoms with Crippen LogP contribution in [0, 0.1) is 0 Å². The Hall–Kier alpha value is -2.85. The molecule has 0 fully saturated rings. The maximum Gasteiger partial charge on any atom is 0.332 e. The van der Waals surface area contributed by atoms with Gasteiger partial charge >= 0.3 is 5.69 Å². The lowest BCUT2D eigenvalue weighted by Gasteiger charge is -2.10. The minimum atomic E-state index is -0.415. The van der Waals surface area contributed by atoms with E-state index in [4.69, 9.17) is 16.1 Å². The van der Waals surface area contributed by atoms with Crippen molar-refractivity contribution in [2.24, 2.45) is 0 Å². The number of rotatable bonds is 9. The summed E-state index contributed by atoms with van der Waals surface area (Å²) in [6.07, 6.45) is 2.29. The van der Waals surface area contributed by atoms with E-state index in [0.29, 0.717) is 35.4 Å². The highest BCUT2D eigenvalue weighted by molar-refractivity contribution is 7.99. The molecule has 1 N–H and O–H groups in total. The van der Waals surface area contributed by atoms with Gasteiger partial charge in [0.05, 0.1) is 0 Å². The summed E-state index contributed by atoms with van der Waals surface area (Å²) >= 11 is 7.34. The van der Waals surface area contributed by atoms with Gasteiger partial charge in [-0.3, -0.25) is 13.9 Å². The van der Waals surface area contributed by atoms with Crippen LogP contribution >= 0.6 is 23.4 Å². The molecule has 0 bridgehead atoms. The number of aromatic amines is 1. The summed E-state index contributed by atoms with van der Waals surface area (Å²) in [5, 5.41) is 4.53. The number of benzene rings is 1. The number of halogens is 1. The first kappa shape index (κ1) is 21.4. The van der Waals surface area contributed by atoms with E-state index in [1.165, 1.54) is 20.9 Å². The first-order valence-corrected chi connectivity index (χ1v) is 11.4. The summed E-state index contributed by atoms with van der Waals surface area (Å²) in [7, 11) is 0. The molecule has 3 heterocycles. The van der Waals surface area contributed by atoms with Crippen LogP contribution in [0.1, 0.15) is 26.2 Å². The number of aryl methyl sites for hydroxylation is 1. The van der Waals surface area contributed by atoms with Gasteiger partial charge in [0.1, 0.15) is 0 Å². The number of fused-ring (bicyclic) bond motifs is 1. The van der Waals surface area contributed by atoms with Crippen molar-refractivity contribution in [2.75, 3.05) is 5.75 Å². The van der Waals surface area contributed by atoms with Crippen LogP contribution in [-0.2, 0) is 13.1 Å². The molecule has 4 aromatic rings. The van der Waals surface area contributed by atoms with Gasteiger partial charge in [-0.25, -0.2) is 4.79 Å². The molecule has 0 aliphatic heterocycles. The predicted octanol–water partition coefficient (Wildman–Crippen LogP) is 3.57. The summed E-state index contributed by atoms with van der Waals surface area (Å²) in [5.74, 6) is 1.14. The Morgan fingerprint density at radius 1 is 1.10 bits per heavy atom. The van der Waals surface area contributed by atoms with Crippen molar-refractivity contribution in [1.82, 2.24) is 29.2 Å². The van der Waals surface area contributed by atoms with Gasteiger partial charge in [0, 0.05) is 24.4 Å². The molecule has 1 aromatic carbocycles. The standard InChI is InChI=1S/C20H21ClN6O3S/c1-2-3-10-26-16-14(22-18(21)24-16)17(28)27(20(26)29)11-7-12-31-19-23-15(25-30-19)13-8-5-4-6-9-13/h4-6,8-9H,2-3,7,10-12H2,1H3,(H,22,24). The topological polar surface area (TPSA) is 112 Å². The van der Waals surface area contributed by atoms with Crippen molar-refractivity contribution in [3.63, 3.8) is 0 Å². The Labute approximate surface area is 186 Å². The zero-order valence-electron chi connectivity index (χ0n) is 16.9. The minimum Gasteiger partial charge on any atom is -0.327 e. The third-order valence-electron chi connectivity index (χ3n) is 4.76. The van der Waals surface area contributed by atoms with E-state index in [-0.39, 0.29) is 23.0 Å². The van der Waals surface area contributed by atoms with Crippen LogP contribution in [0.15, 0.2) is 49.7 Å². The molecule has 0 amide bonds. The maximum absolute atomic E-state index is 12.9. The van der Waals surface area contributed by atoms with E-state index in [1.54, 1.807) is 0 Å². The third kappa shape index (κ3) is 4.59. The van der Waals surface area contributed by atoms with E-state index in [0.717, 1.165) is 18.4 Å². The Morgan fingerprint density at radius 3 is 2.65 bits per heavy atom. The van der Waals surface area contributed by atoms with Gasteiger partial charge in [0.2, 0.25) is 11.1 Å². The number of aromatic nitrogens is 6. The minimum absolute atomic E-state index is 0.0932. The van der Waals surface area contributed by atoms with Crippen molar-refractivity contribution >= 4 is 34.5 Å². The van der Waals surface area contributed by atoms with Gasteiger partial charge in [0.15, 0.2) is 11.2 Å². The van der Waals surface area contributed by atoms with E-state index < -0.39 is 5.56 Å². The fraction of sp³-hybridized carbons (Fsp3) is 0.350. The predicted molar refractivity (Wildman–Crippen MR) is 120 cm³/mol. The lowest BCUT2D eigenvalue weighted by Crippen LogP contribution is -2.40. The molecule has 11 heteroatoms. The van der Waals surface area contributed by atoms with Crippen LogP contribution < -0.4 is 11.2 Å². The Morgan fingerprint density at radius 2 is 1.87 bits per heavy atom. The molecule has 0 aliphatic rings. The van der Waals surface area contributed by atoms with E-state index in [1.807, 2.05) is 37.3 Å². The first-order chi connectivity index (χ1) is 15.1. The van der Waals surface area contributed by atoms with Crippen LogP contribution in [0.3, 0.4) is 0 Å². The molecule has 3 aromatic heterocycles. The second kappa shape index (κ2) is 9.52. The lowest BCUT2D eigenvalue weighted by molar-refractivity contribution is 0.341. The van der Waals surface area contributed by atoms with Gasteiger partial charge in [-0.1, -0.05) is 60.6 Å². The van der Waals surface area contributed by atoms with Gasteiger partial charge in [-0.05, 0) is 24.4 Å². The molecule has 9 nitrogen and oxygen atoms in total. The highest BCUT2D eigenvalue weighted by atomic mass is 35.5. The molecule has 0 atom stereocenters. The largest absolute Gasteiger partial charge is 0.332 e. The number of hydrogen-bond donors (Lipinski definition) is 1. The van der Waals surface area contributed by atoms with E-state index in [2.05, 4.69) is 20.1 Å². The molecule has 162 valence electrons. The Bertz CT molecular complexity index is 1290. The molecule has 4 rings (SSSR count). The smallest absolute Gasteiger partial charge is 0.327 e. The number of H-pyrrole nitrogens is 1. The Balaban J connectivity index is 1.46. The fourth-order valence-corrected chi connectivity index (χ4v) is 4.07. The van der Waals surface area contributed by atoms with Crippen molar-refractivity contribution in [2.45, 2.75) is 44.5 Å². The van der Waals surface area contributed by atoms with Gasteiger partial charge in [-0.2, -0.15) is 9.97 Å². The van der Waals surface area contributed by atoms with Gasteiger partial charge < -0.3 is 9.51 Å². The molecule has 0 saturated carbocycles. The number of unbranched alkanes of at least 4 members (excludes halogenated alkanes) is 1. The number of hydrogen-bond acceptors (Lipinski definition) is 7. The number of nitrogens with zero attached hydrogens (tertiary/aromatic N) is 5. The highest BCUT2D eigenvalue weighted by Gasteiger charge is 2.17. The average molecular weight is 461 g/mol. The van der Waals surface area contributed by atoms with Crippen LogP contribution in [0.4, 0.5) is 0 Å². The summed E-state index contributed by atoms with van der Waals surface area (Å²) in [4.78, 5) is 37.0. The monoisotopic (exact) mass is 460 g/mol. The molecular weight excluding hydrogens is 440 g/mol. The molecule has 31 heavy (non-hydrogen) atoms. The molecular formula is C20H21ClN6O3S. The van der Waals surface area contributed by atoms with E-state index in [9.17, 15) is 9.59 Å². The van der Waals surface area contributed by atoms with Crippen LogP contribution in [0.5, 0.6) is 0 Å². The van der Waals surface area contributed by atoms with Crippen molar-refractivity contribution in [3.8, 4) is 11.4 Å². The molecule has 0 aliphatic carbocycles. The highest BCUT2D eigenvalue weighted by Crippen LogP contribution is 2.21. The molecule has 0 radical (unpaired) electrons. The van der Waals surface area contributed by atoms with Crippen molar-refractivity contribution in [3.05, 3.63) is 56.5 Å². The number of nitrogens with one attached hydrogen (secondary N) is 1. The summed E-state index contributed by atoms with van der Waals surface area (Å²) in [6.45, 7) is 2.78. The molecule has 0 spiro atoms. The third-order valence-corrected chi connectivity index (χ3v) is 5.84. The number of imidazole rings is 1.